The van der Waals surface area contributed by atoms with Gasteiger partial charge >= 0.3 is 0 Å². The van der Waals surface area contributed by atoms with Crippen molar-refractivity contribution in [3.63, 3.8) is 0 Å². The summed E-state index contributed by atoms with van der Waals surface area (Å²) in [6.07, 6.45) is 9.33. The van der Waals surface area contributed by atoms with Crippen LogP contribution in [-0.2, 0) is 0 Å². The van der Waals surface area contributed by atoms with E-state index in [0.717, 1.165) is 12.0 Å². The highest BCUT2D eigenvalue weighted by Crippen LogP contribution is 2.29. The van der Waals surface area contributed by atoms with Gasteiger partial charge < -0.3 is 10.2 Å². The summed E-state index contributed by atoms with van der Waals surface area (Å²) < 4.78 is 0. The zero-order chi connectivity index (χ0) is 12.4. The number of hydrogen-bond acceptors (Lipinski definition) is 3. The molecule has 1 aromatic heterocycles. The lowest BCUT2D eigenvalue weighted by molar-refractivity contribution is 0.328. The number of nitrogens with zero attached hydrogens (tertiary/aromatic N) is 2. The minimum Gasteiger partial charge on any atom is -0.371 e. The second kappa shape index (κ2) is 5.27. The topological polar surface area (TPSA) is 28.2 Å². The summed E-state index contributed by atoms with van der Waals surface area (Å²) >= 11 is 0. The third-order valence-electron chi connectivity index (χ3n) is 4.46. The highest BCUT2D eigenvalue weighted by molar-refractivity contribution is 5.51. The van der Waals surface area contributed by atoms with Gasteiger partial charge in [-0.1, -0.05) is 0 Å². The van der Waals surface area contributed by atoms with Gasteiger partial charge in [-0.05, 0) is 56.7 Å². The molecule has 3 rings (SSSR count). The fraction of sp³-hybridized carbons (Fsp3) is 0.667. The predicted molar refractivity (Wildman–Crippen MR) is 74.9 cm³/mol. The van der Waals surface area contributed by atoms with Crippen molar-refractivity contribution in [2.24, 2.45) is 5.92 Å². The van der Waals surface area contributed by atoms with Gasteiger partial charge in [0.2, 0.25) is 0 Å². The van der Waals surface area contributed by atoms with Crippen LogP contribution in [-0.4, -0.2) is 30.7 Å². The van der Waals surface area contributed by atoms with Gasteiger partial charge in [-0.15, -0.1) is 0 Å². The van der Waals surface area contributed by atoms with Crippen LogP contribution < -0.4 is 10.2 Å². The van der Waals surface area contributed by atoms with Gasteiger partial charge in [-0.3, -0.25) is 4.98 Å². The number of piperidine rings is 1. The summed E-state index contributed by atoms with van der Waals surface area (Å²) in [5.41, 5.74) is 2.69. The Kier molecular flexibility index (Phi) is 3.50. The van der Waals surface area contributed by atoms with E-state index >= 15 is 0 Å². The average molecular weight is 245 g/mol. The van der Waals surface area contributed by atoms with E-state index in [-0.39, 0.29) is 0 Å². The maximum absolute atomic E-state index is 4.20. The Morgan fingerprint density at radius 1 is 1.33 bits per heavy atom. The van der Waals surface area contributed by atoms with Gasteiger partial charge in [-0.25, -0.2) is 0 Å². The molecule has 18 heavy (non-hydrogen) atoms. The molecule has 0 aromatic carbocycles. The predicted octanol–water partition coefficient (Wildman–Crippen LogP) is 2.36. The first kappa shape index (κ1) is 12.0. The van der Waals surface area contributed by atoms with E-state index in [4.69, 9.17) is 0 Å². The minimum atomic E-state index is 0.759. The molecule has 0 spiro atoms. The lowest BCUT2D eigenvalue weighted by Gasteiger charge is -2.37. The van der Waals surface area contributed by atoms with Crippen molar-refractivity contribution >= 4 is 5.69 Å². The summed E-state index contributed by atoms with van der Waals surface area (Å²) in [7, 11) is 0. The Bertz CT molecular complexity index is 398. The van der Waals surface area contributed by atoms with Crippen LogP contribution in [0.3, 0.4) is 0 Å². The first-order valence-electron chi connectivity index (χ1n) is 7.23. The van der Waals surface area contributed by atoms with Crippen LogP contribution in [0.1, 0.15) is 31.2 Å². The van der Waals surface area contributed by atoms with Gasteiger partial charge in [0.1, 0.15) is 0 Å². The van der Waals surface area contributed by atoms with Crippen molar-refractivity contribution in [2.45, 2.75) is 38.6 Å². The minimum absolute atomic E-state index is 0.759. The fourth-order valence-corrected chi connectivity index (χ4v) is 3.49. The zero-order valence-electron chi connectivity index (χ0n) is 11.2. The third kappa shape index (κ3) is 2.37. The molecule has 1 aromatic rings. The normalized spacial score (nSPS) is 28.6. The van der Waals surface area contributed by atoms with Crippen LogP contribution in [0.25, 0.3) is 0 Å². The van der Waals surface area contributed by atoms with Crippen molar-refractivity contribution in [3.8, 4) is 0 Å². The Morgan fingerprint density at radius 3 is 3.06 bits per heavy atom. The summed E-state index contributed by atoms with van der Waals surface area (Å²) in [6.45, 7) is 5.80. The van der Waals surface area contributed by atoms with Crippen LogP contribution in [0.2, 0.25) is 0 Å². The number of aromatic nitrogens is 1. The number of nitrogens with one attached hydrogen (secondary N) is 1. The number of pyridine rings is 1. The van der Waals surface area contributed by atoms with Crippen molar-refractivity contribution in [2.75, 3.05) is 24.5 Å². The van der Waals surface area contributed by atoms with E-state index < -0.39 is 0 Å². The summed E-state index contributed by atoms with van der Waals surface area (Å²) in [6, 6.07) is 2.93. The first-order chi connectivity index (χ1) is 8.84. The molecule has 1 N–H and O–H groups in total. The van der Waals surface area contributed by atoms with Gasteiger partial charge in [0.15, 0.2) is 0 Å². The molecule has 0 aliphatic carbocycles. The average Bonchev–Trinajstić information content (AvgIpc) is 2.93. The van der Waals surface area contributed by atoms with Gasteiger partial charge in [-0.2, -0.15) is 0 Å². The molecular weight excluding hydrogens is 222 g/mol. The first-order valence-corrected chi connectivity index (χ1v) is 7.23. The smallest absolute Gasteiger partial charge is 0.0426 e. The van der Waals surface area contributed by atoms with Gasteiger partial charge in [0, 0.05) is 37.2 Å². The van der Waals surface area contributed by atoms with E-state index in [1.165, 1.54) is 56.6 Å². The second-order valence-corrected chi connectivity index (χ2v) is 5.71. The van der Waals surface area contributed by atoms with E-state index in [2.05, 4.69) is 28.2 Å². The summed E-state index contributed by atoms with van der Waals surface area (Å²) in [5.74, 6) is 0.828. The van der Waals surface area contributed by atoms with E-state index in [1.807, 2.05) is 12.4 Å². The zero-order valence-corrected chi connectivity index (χ0v) is 11.2. The maximum Gasteiger partial charge on any atom is 0.0426 e. The van der Waals surface area contributed by atoms with Crippen LogP contribution in [0.4, 0.5) is 5.69 Å². The molecule has 0 saturated carbocycles. The van der Waals surface area contributed by atoms with Crippen molar-refractivity contribution in [1.29, 1.82) is 0 Å². The standard InChI is InChI=1S/C15H23N3/c1-12-10-16-8-6-15(12)18-9-3-4-13(11-18)14-5-2-7-17-14/h6,8,10,13-14,17H,2-5,7,9,11H2,1H3. The molecule has 3 nitrogen and oxygen atoms in total. The quantitative estimate of drug-likeness (QED) is 0.867. The fourth-order valence-electron chi connectivity index (χ4n) is 3.49. The number of anilines is 1. The Labute approximate surface area is 110 Å². The molecule has 2 fully saturated rings. The molecule has 98 valence electrons. The number of aryl methyl sites for hydroxylation is 1. The van der Waals surface area contributed by atoms with Crippen LogP contribution in [0.5, 0.6) is 0 Å². The van der Waals surface area contributed by atoms with E-state index in [9.17, 15) is 0 Å². The second-order valence-electron chi connectivity index (χ2n) is 5.71. The molecule has 3 heteroatoms. The molecule has 2 unspecified atom stereocenters. The lowest BCUT2D eigenvalue weighted by Crippen LogP contribution is -2.43. The summed E-state index contributed by atoms with van der Waals surface area (Å²) in [4.78, 5) is 6.76. The lowest BCUT2D eigenvalue weighted by atomic mass is 9.89. The highest BCUT2D eigenvalue weighted by atomic mass is 15.1. The molecule has 0 bridgehead atoms. The van der Waals surface area contributed by atoms with Crippen LogP contribution in [0, 0.1) is 12.8 Å². The molecule has 0 radical (unpaired) electrons. The third-order valence-corrected chi connectivity index (χ3v) is 4.46. The van der Waals surface area contributed by atoms with Gasteiger partial charge in [0.05, 0.1) is 0 Å². The Balaban J connectivity index is 1.72. The van der Waals surface area contributed by atoms with Crippen LogP contribution in [0.15, 0.2) is 18.5 Å². The number of rotatable bonds is 2. The molecule has 2 aliphatic heterocycles. The van der Waals surface area contributed by atoms with Crippen molar-refractivity contribution in [1.82, 2.24) is 10.3 Å². The molecule has 2 saturated heterocycles. The molecule has 2 atom stereocenters. The van der Waals surface area contributed by atoms with Crippen molar-refractivity contribution in [3.05, 3.63) is 24.0 Å². The monoisotopic (exact) mass is 245 g/mol. The van der Waals surface area contributed by atoms with Crippen molar-refractivity contribution < 1.29 is 0 Å². The Morgan fingerprint density at radius 2 is 2.28 bits per heavy atom. The molecule has 0 amide bonds. The number of hydrogen-bond donors (Lipinski definition) is 1. The summed E-state index contributed by atoms with van der Waals surface area (Å²) in [5, 5.41) is 3.67. The Hall–Kier alpha value is -1.09. The molecule has 3 heterocycles. The maximum atomic E-state index is 4.20. The van der Waals surface area contributed by atoms with Crippen LogP contribution >= 0.6 is 0 Å². The molecular formula is C15H23N3. The van der Waals surface area contributed by atoms with E-state index in [1.54, 1.807) is 0 Å². The van der Waals surface area contributed by atoms with E-state index in [0.29, 0.717) is 0 Å². The van der Waals surface area contributed by atoms with Gasteiger partial charge in [0.25, 0.3) is 0 Å². The highest BCUT2D eigenvalue weighted by Gasteiger charge is 2.29. The SMILES string of the molecule is Cc1cnccc1N1CCCC(C2CCCN2)C1. The molecule has 2 aliphatic rings. The largest absolute Gasteiger partial charge is 0.371 e.